The maximum atomic E-state index is 3.85. The van der Waals surface area contributed by atoms with Gasteiger partial charge in [0, 0.05) is 51.3 Å². The number of aromatic nitrogens is 5. The molecule has 0 bridgehead atoms. The molecule has 0 N–H and O–H groups in total. The molecule has 0 aliphatic rings. The highest BCUT2D eigenvalue weighted by Crippen LogP contribution is 1.88. The zero-order valence-electron chi connectivity index (χ0n) is 11.5. The van der Waals surface area contributed by atoms with E-state index in [1.54, 1.807) is 35.8 Å². The molecule has 0 unspecified atom stereocenters. The minimum atomic E-state index is 1.26. The number of nitrogens with zero attached hydrogens (tertiary/aromatic N) is 5. The summed E-state index contributed by atoms with van der Waals surface area (Å²) in [6, 6.07) is 5.83. The Morgan fingerprint density at radius 1 is 0.895 bits per heavy atom. The third kappa shape index (κ3) is 7.49. The fourth-order valence-electron chi connectivity index (χ4n) is 1.10. The SMILES string of the molecule is Cc1ccncc1.Cn1cccn1.Cn1ccnc1. The summed E-state index contributed by atoms with van der Waals surface area (Å²) in [6.07, 6.45) is 12.6. The highest BCUT2D eigenvalue weighted by molar-refractivity contribution is 5.05. The molecule has 5 nitrogen and oxygen atoms in total. The molecule has 3 rings (SSSR count). The predicted molar refractivity (Wildman–Crippen MR) is 75.4 cm³/mol. The van der Waals surface area contributed by atoms with E-state index < -0.39 is 0 Å². The molecule has 100 valence electrons. The van der Waals surface area contributed by atoms with Crippen LogP contribution < -0.4 is 0 Å². The third-order valence-corrected chi connectivity index (χ3v) is 2.12. The normalized spacial score (nSPS) is 8.79. The Balaban J connectivity index is 0.000000143. The summed E-state index contributed by atoms with van der Waals surface area (Å²) in [4.78, 5) is 7.63. The Morgan fingerprint density at radius 2 is 1.63 bits per heavy atom. The quantitative estimate of drug-likeness (QED) is 0.620. The second-order valence-corrected chi connectivity index (χ2v) is 3.93. The van der Waals surface area contributed by atoms with Gasteiger partial charge in [-0.3, -0.25) is 9.67 Å². The van der Waals surface area contributed by atoms with E-state index in [-0.39, 0.29) is 0 Å². The van der Waals surface area contributed by atoms with Gasteiger partial charge in [0.2, 0.25) is 0 Å². The zero-order valence-corrected chi connectivity index (χ0v) is 11.5. The first-order chi connectivity index (χ1) is 9.18. The summed E-state index contributed by atoms with van der Waals surface area (Å²) in [7, 11) is 3.83. The number of rotatable bonds is 0. The van der Waals surface area contributed by atoms with E-state index in [9.17, 15) is 0 Å². The van der Waals surface area contributed by atoms with Crippen LogP contribution in [0.5, 0.6) is 0 Å². The van der Waals surface area contributed by atoms with Crippen molar-refractivity contribution < 1.29 is 0 Å². The Bertz CT molecular complexity index is 482. The molecule has 0 amide bonds. The van der Waals surface area contributed by atoms with E-state index in [4.69, 9.17) is 0 Å². The molecule has 0 fully saturated rings. The molecule has 3 aromatic rings. The van der Waals surface area contributed by atoms with Gasteiger partial charge in [0.25, 0.3) is 0 Å². The van der Waals surface area contributed by atoms with E-state index in [0.717, 1.165) is 0 Å². The molecular weight excluding hydrogens is 238 g/mol. The number of pyridine rings is 1. The van der Waals surface area contributed by atoms with Crippen molar-refractivity contribution in [3.63, 3.8) is 0 Å². The van der Waals surface area contributed by atoms with Gasteiger partial charge in [-0.05, 0) is 30.7 Å². The minimum Gasteiger partial charge on any atom is -0.341 e. The van der Waals surface area contributed by atoms with Gasteiger partial charge in [-0.25, -0.2) is 4.98 Å². The molecule has 3 heterocycles. The minimum absolute atomic E-state index is 1.26. The van der Waals surface area contributed by atoms with Gasteiger partial charge in [-0.2, -0.15) is 5.10 Å². The smallest absolute Gasteiger partial charge is 0.0943 e. The fraction of sp³-hybridized carbons (Fsp3) is 0.214. The summed E-state index contributed by atoms with van der Waals surface area (Å²) < 4.78 is 3.64. The van der Waals surface area contributed by atoms with Crippen LogP contribution in [0.15, 0.2) is 61.7 Å². The molecule has 0 saturated carbocycles. The molecular formula is C14H19N5. The monoisotopic (exact) mass is 257 g/mol. The van der Waals surface area contributed by atoms with Crippen LogP contribution in [0.4, 0.5) is 0 Å². The second kappa shape index (κ2) is 8.63. The van der Waals surface area contributed by atoms with Gasteiger partial charge in [-0.15, -0.1) is 0 Å². The highest BCUT2D eigenvalue weighted by Gasteiger charge is 1.73. The van der Waals surface area contributed by atoms with Crippen LogP contribution >= 0.6 is 0 Å². The van der Waals surface area contributed by atoms with Crippen molar-refractivity contribution in [1.29, 1.82) is 0 Å². The lowest BCUT2D eigenvalue weighted by atomic mass is 10.3. The number of hydrogen-bond acceptors (Lipinski definition) is 3. The first-order valence-corrected chi connectivity index (χ1v) is 5.90. The van der Waals surface area contributed by atoms with Crippen LogP contribution in [0.2, 0.25) is 0 Å². The molecule has 0 spiro atoms. The molecule has 0 saturated heterocycles. The molecule has 3 aromatic heterocycles. The van der Waals surface area contributed by atoms with Crippen LogP contribution in [0.25, 0.3) is 0 Å². The van der Waals surface area contributed by atoms with Crippen LogP contribution in [0, 0.1) is 6.92 Å². The number of hydrogen-bond donors (Lipinski definition) is 0. The summed E-state index contributed by atoms with van der Waals surface area (Å²) in [5.74, 6) is 0. The standard InChI is InChI=1S/C6H7N.2C4H6N2/c1-6-2-4-7-5-3-6;1-6-3-2-5-4-6;1-6-4-2-3-5-6/h2-5H,1H3;2*2-4H,1H3. The lowest BCUT2D eigenvalue weighted by molar-refractivity contribution is 0.768. The van der Waals surface area contributed by atoms with Crippen molar-refractivity contribution >= 4 is 0 Å². The Kier molecular flexibility index (Phi) is 6.65. The predicted octanol–water partition coefficient (Wildman–Crippen LogP) is 2.23. The first-order valence-electron chi connectivity index (χ1n) is 5.90. The Labute approximate surface area is 113 Å². The van der Waals surface area contributed by atoms with E-state index in [2.05, 4.69) is 15.1 Å². The van der Waals surface area contributed by atoms with Crippen LogP contribution in [-0.2, 0) is 14.1 Å². The average molecular weight is 257 g/mol. The van der Waals surface area contributed by atoms with Gasteiger partial charge < -0.3 is 4.57 Å². The molecule has 0 aliphatic heterocycles. The second-order valence-electron chi connectivity index (χ2n) is 3.93. The van der Waals surface area contributed by atoms with Gasteiger partial charge in [0.1, 0.15) is 0 Å². The van der Waals surface area contributed by atoms with Crippen molar-refractivity contribution in [3.05, 3.63) is 67.3 Å². The van der Waals surface area contributed by atoms with Crippen molar-refractivity contribution in [2.75, 3.05) is 0 Å². The largest absolute Gasteiger partial charge is 0.341 e. The first kappa shape index (κ1) is 14.6. The molecule has 0 aromatic carbocycles. The molecule has 0 atom stereocenters. The van der Waals surface area contributed by atoms with Crippen LogP contribution in [0.3, 0.4) is 0 Å². The summed E-state index contributed by atoms with van der Waals surface area (Å²) in [5, 5.41) is 3.83. The van der Waals surface area contributed by atoms with Crippen LogP contribution in [-0.4, -0.2) is 24.3 Å². The van der Waals surface area contributed by atoms with Gasteiger partial charge >= 0.3 is 0 Å². The van der Waals surface area contributed by atoms with E-state index in [0.29, 0.717) is 0 Å². The van der Waals surface area contributed by atoms with E-state index in [1.165, 1.54) is 5.56 Å². The number of imidazole rings is 1. The van der Waals surface area contributed by atoms with Gasteiger partial charge in [0.05, 0.1) is 6.33 Å². The van der Waals surface area contributed by atoms with Crippen molar-refractivity contribution in [3.8, 4) is 0 Å². The fourth-order valence-corrected chi connectivity index (χ4v) is 1.10. The topological polar surface area (TPSA) is 48.5 Å². The van der Waals surface area contributed by atoms with Crippen molar-refractivity contribution in [2.45, 2.75) is 6.92 Å². The van der Waals surface area contributed by atoms with E-state index in [1.807, 2.05) is 56.2 Å². The molecule has 19 heavy (non-hydrogen) atoms. The number of aryl methyl sites for hydroxylation is 3. The maximum absolute atomic E-state index is 3.85. The maximum Gasteiger partial charge on any atom is 0.0943 e. The van der Waals surface area contributed by atoms with Gasteiger partial charge in [-0.1, -0.05) is 0 Å². The Morgan fingerprint density at radius 3 is 1.84 bits per heavy atom. The highest BCUT2D eigenvalue weighted by atomic mass is 15.2. The van der Waals surface area contributed by atoms with Crippen molar-refractivity contribution in [2.24, 2.45) is 14.1 Å². The third-order valence-electron chi connectivity index (χ3n) is 2.12. The molecule has 0 aliphatic carbocycles. The summed E-state index contributed by atoms with van der Waals surface area (Å²) >= 11 is 0. The van der Waals surface area contributed by atoms with E-state index >= 15 is 0 Å². The van der Waals surface area contributed by atoms with Crippen LogP contribution in [0.1, 0.15) is 5.56 Å². The average Bonchev–Trinajstić information content (AvgIpc) is 3.05. The zero-order chi connectivity index (χ0) is 13.9. The summed E-state index contributed by atoms with van der Waals surface area (Å²) in [5.41, 5.74) is 1.26. The van der Waals surface area contributed by atoms with Gasteiger partial charge in [0.15, 0.2) is 0 Å². The lowest BCUT2D eigenvalue weighted by Gasteiger charge is -1.82. The molecule has 5 heteroatoms. The molecule has 0 radical (unpaired) electrons. The summed E-state index contributed by atoms with van der Waals surface area (Å²) in [6.45, 7) is 2.04. The Hall–Kier alpha value is -2.43. The lowest BCUT2D eigenvalue weighted by Crippen LogP contribution is -1.83. The van der Waals surface area contributed by atoms with Crippen molar-refractivity contribution in [1.82, 2.24) is 24.3 Å².